The van der Waals surface area contributed by atoms with Crippen molar-refractivity contribution in [3.05, 3.63) is 65.2 Å². The number of carbonyl (C=O) groups excluding carboxylic acids is 2. The molecule has 0 aliphatic carbocycles. The molecule has 2 amide bonds. The summed E-state index contributed by atoms with van der Waals surface area (Å²) in [6.45, 7) is 4.68. The van der Waals surface area contributed by atoms with Gasteiger partial charge in [-0.05, 0) is 31.9 Å². The van der Waals surface area contributed by atoms with E-state index in [4.69, 9.17) is 4.74 Å². The first-order chi connectivity index (χ1) is 12.9. The standard InChI is InChI=1S/C22H26N2O3/c1-16-8-10-17(11-9-16)14-23-21(26)22(2)13-12-20(25)24(22)15-18-6-4-5-7-19(18)27-3/h4-11H,12-15H2,1-3H3,(H,23,26)/t22-/m1/s1. The first-order valence-corrected chi connectivity index (χ1v) is 9.20. The predicted octanol–water partition coefficient (Wildman–Crippen LogP) is 3.20. The molecule has 0 radical (unpaired) electrons. The maximum absolute atomic E-state index is 13.0. The first-order valence-electron chi connectivity index (χ1n) is 9.20. The van der Waals surface area contributed by atoms with Crippen LogP contribution in [0.1, 0.15) is 36.5 Å². The van der Waals surface area contributed by atoms with E-state index in [2.05, 4.69) is 5.32 Å². The van der Waals surface area contributed by atoms with Crippen LogP contribution in [-0.4, -0.2) is 29.4 Å². The number of hydrogen-bond acceptors (Lipinski definition) is 3. The topological polar surface area (TPSA) is 58.6 Å². The second-order valence-electron chi connectivity index (χ2n) is 7.23. The molecule has 3 rings (SSSR count). The van der Waals surface area contributed by atoms with Crippen LogP contribution in [0.3, 0.4) is 0 Å². The highest BCUT2D eigenvalue weighted by Crippen LogP contribution is 2.33. The van der Waals surface area contributed by atoms with Gasteiger partial charge in [-0.2, -0.15) is 0 Å². The minimum atomic E-state index is -0.858. The zero-order valence-electron chi connectivity index (χ0n) is 16.1. The second-order valence-corrected chi connectivity index (χ2v) is 7.23. The van der Waals surface area contributed by atoms with Crippen LogP contribution < -0.4 is 10.1 Å². The molecule has 5 heteroatoms. The lowest BCUT2D eigenvalue weighted by Crippen LogP contribution is -2.53. The number of nitrogens with zero attached hydrogens (tertiary/aromatic N) is 1. The van der Waals surface area contributed by atoms with E-state index in [-0.39, 0.29) is 11.8 Å². The number of rotatable bonds is 6. The summed E-state index contributed by atoms with van der Waals surface area (Å²) in [6.07, 6.45) is 0.893. The van der Waals surface area contributed by atoms with Gasteiger partial charge >= 0.3 is 0 Å². The van der Waals surface area contributed by atoms with Crippen molar-refractivity contribution in [2.24, 2.45) is 0 Å². The molecule has 0 unspecified atom stereocenters. The van der Waals surface area contributed by atoms with E-state index in [1.807, 2.05) is 62.4 Å². The molecule has 1 fully saturated rings. The summed E-state index contributed by atoms with van der Waals surface area (Å²) in [5.74, 6) is 0.595. The largest absolute Gasteiger partial charge is 0.496 e. The molecule has 0 bridgehead atoms. The summed E-state index contributed by atoms with van der Waals surface area (Å²) in [7, 11) is 1.61. The number of aryl methyl sites for hydroxylation is 1. The van der Waals surface area contributed by atoms with Gasteiger partial charge in [0.05, 0.1) is 13.7 Å². The van der Waals surface area contributed by atoms with E-state index in [0.717, 1.165) is 16.9 Å². The van der Waals surface area contributed by atoms with Crippen LogP contribution in [-0.2, 0) is 22.7 Å². The first kappa shape index (κ1) is 19.0. The number of ether oxygens (including phenoxy) is 1. The van der Waals surface area contributed by atoms with Gasteiger partial charge in [0.15, 0.2) is 0 Å². The molecular weight excluding hydrogens is 340 g/mol. The van der Waals surface area contributed by atoms with Gasteiger partial charge in [0.2, 0.25) is 11.8 Å². The lowest BCUT2D eigenvalue weighted by Gasteiger charge is -2.34. The quantitative estimate of drug-likeness (QED) is 0.854. The van der Waals surface area contributed by atoms with Gasteiger partial charge in [-0.1, -0.05) is 48.0 Å². The van der Waals surface area contributed by atoms with Crippen molar-refractivity contribution in [2.45, 2.75) is 45.3 Å². The van der Waals surface area contributed by atoms with Gasteiger partial charge in [0.1, 0.15) is 11.3 Å². The number of methoxy groups -OCH3 is 1. The Bertz CT molecular complexity index is 832. The number of likely N-dealkylation sites (tertiary alicyclic amines) is 1. The van der Waals surface area contributed by atoms with Crippen molar-refractivity contribution < 1.29 is 14.3 Å². The Kier molecular flexibility index (Phi) is 5.49. The zero-order valence-corrected chi connectivity index (χ0v) is 16.1. The van der Waals surface area contributed by atoms with Crippen molar-refractivity contribution in [1.29, 1.82) is 0 Å². The van der Waals surface area contributed by atoms with Crippen molar-refractivity contribution >= 4 is 11.8 Å². The Hall–Kier alpha value is -2.82. The van der Waals surface area contributed by atoms with Crippen LogP contribution >= 0.6 is 0 Å². The van der Waals surface area contributed by atoms with Crippen LogP contribution in [0.2, 0.25) is 0 Å². The van der Waals surface area contributed by atoms with Crippen molar-refractivity contribution in [3.8, 4) is 5.75 Å². The second kappa shape index (κ2) is 7.82. The fourth-order valence-electron chi connectivity index (χ4n) is 3.48. The van der Waals surface area contributed by atoms with E-state index in [1.165, 1.54) is 5.56 Å². The summed E-state index contributed by atoms with van der Waals surface area (Å²) >= 11 is 0. The molecule has 0 saturated carbocycles. The third-order valence-electron chi connectivity index (χ3n) is 5.31. The molecule has 1 saturated heterocycles. The van der Waals surface area contributed by atoms with Crippen LogP contribution in [0, 0.1) is 6.92 Å². The Morgan fingerprint density at radius 3 is 2.59 bits per heavy atom. The third-order valence-corrected chi connectivity index (χ3v) is 5.31. The number of benzene rings is 2. The van der Waals surface area contributed by atoms with Gasteiger partial charge < -0.3 is 15.0 Å². The van der Waals surface area contributed by atoms with E-state index in [0.29, 0.717) is 25.9 Å². The highest BCUT2D eigenvalue weighted by molar-refractivity contribution is 5.94. The zero-order chi connectivity index (χ0) is 19.4. The van der Waals surface area contributed by atoms with E-state index >= 15 is 0 Å². The number of carbonyl (C=O) groups is 2. The van der Waals surface area contributed by atoms with E-state index < -0.39 is 5.54 Å². The Labute approximate surface area is 160 Å². The van der Waals surface area contributed by atoms with Gasteiger partial charge in [0.25, 0.3) is 0 Å². The SMILES string of the molecule is COc1ccccc1CN1C(=O)CC[C@]1(C)C(=O)NCc1ccc(C)cc1. The molecule has 142 valence electrons. The maximum atomic E-state index is 13.0. The molecule has 27 heavy (non-hydrogen) atoms. The maximum Gasteiger partial charge on any atom is 0.245 e. The smallest absolute Gasteiger partial charge is 0.245 e. The molecule has 1 aliphatic rings. The van der Waals surface area contributed by atoms with Gasteiger partial charge in [-0.25, -0.2) is 0 Å². The number of nitrogens with one attached hydrogen (secondary N) is 1. The van der Waals surface area contributed by atoms with Crippen LogP contribution in [0.15, 0.2) is 48.5 Å². The lowest BCUT2D eigenvalue weighted by atomic mass is 9.96. The number of amides is 2. The summed E-state index contributed by atoms with van der Waals surface area (Å²) in [5.41, 5.74) is 2.26. The molecule has 1 heterocycles. The van der Waals surface area contributed by atoms with Gasteiger partial charge in [-0.15, -0.1) is 0 Å². The monoisotopic (exact) mass is 366 g/mol. The molecule has 0 aromatic heterocycles. The van der Waals surface area contributed by atoms with Crippen molar-refractivity contribution in [2.75, 3.05) is 7.11 Å². The summed E-state index contributed by atoms with van der Waals surface area (Å²) < 4.78 is 5.40. The average molecular weight is 366 g/mol. The normalized spacial score (nSPS) is 19.2. The summed E-state index contributed by atoms with van der Waals surface area (Å²) in [5, 5.41) is 3.00. The highest BCUT2D eigenvalue weighted by Gasteiger charge is 2.47. The molecular formula is C22H26N2O3. The summed E-state index contributed by atoms with van der Waals surface area (Å²) in [6, 6.07) is 15.6. The minimum absolute atomic E-state index is 0.00566. The molecule has 1 atom stereocenters. The number of para-hydroxylation sites is 1. The molecule has 0 spiro atoms. The lowest BCUT2D eigenvalue weighted by molar-refractivity contribution is -0.141. The van der Waals surface area contributed by atoms with Crippen LogP contribution in [0.5, 0.6) is 5.75 Å². The predicted molar refractivity (Wildman–Crippen MR) is 104 cm³/mol. The van der Waals surface area contributed by atoms with E-state index in [9.17, 15) is 9.59 Å². The Morgan fingerprint density at radius 2 is 1.89 bits per heavy atom. The number of hydrogen-bond donors (Lipinski definition) is 1. The van der Waals surface area contributed by atoms with Crippen LogP contribution in [0.4, 0.5) is 0 Å². The molecule has 2 aromatic carbocycles. The van der Waals surface area contributed by atoms with Gasteiger partial charge in [-0.3, -0.25) is 9.59 Å². The fraction of sp³-hybridized carbons (Fsp3) is 0.364. The van der Waals surface area contributed by atoms with Crippen LogP contribution in [0.25, 0.3) is 0 Å². The highest BCUT2D eigenvalue weighted by atomic mass is 16.5. The fourth-order valence-corrected chi connectivity index (χ4v) is 3.48. The average Bonchev–Trinajstić information content (AvgIpc) is 2.97. The summed E-state index contributed by atoms with van der Waals surface area (Å²) in [4.78, 5) is 27.2. The van der Waals surface area contributed by atoms with Gasteiger partial charge in [0, 0.05) is 18.5 Å². The molecule has 1 N–H and O–H groups in total. The van der Waals surface area contributed by atoms with E-state index in [1.54, 1.807) is 12.0 Å². The molecule has 5 nitrogen and oxygen atoms in total. The Morgan fingerprint density at radius 1 is 1.19 bits per heavy atom. The minimum Gasteiger partial charge on any atom is -0.496 e. The molecule has 2 aromatic rings. The Balaban J connectivity index is 1.74. The van der Waals surface area contributed by atoms with Crippen molar-refractivity contribution in [1.82, 2.24) is 10.2 Å². The third kappa shape index (κ3) is 3.97. The molecule has 1 aliphatic heterocycles. The van der Waals surface area contributed by atoms with Crippen molar-refractivity contribution in [3.63, 3.8) is 0 Å².